The van der Waals surface area contributed by atoms with Crippen LogP contribution in [0.3, 0.4) is 0 Å². The van der Waals surface area contributed by atoms with Crippen LogP contribution in [-0.2, 0) is 4.79 Å². The second-order valence-electron chi connectivity index (χ2n) is 5.27. The molecule has 0 fully saturated rings. The van der Waals surface area contributed by atoms with Crippen LogP contribution >= 0.6 is 0 Å². The summed E-state index contributed by atoms with van der Waals surface area (Å²) >= 11 is 0. The molecule has 0 unspecified atom stereocenters. The highest BCUT2D eigenvalue weighted by Gasteiger charge is 2.13. The standard InChI is InChI=1S/C19H21NO4/c1-15(24-18-6-4-3-5-7-18)14-20(22)19(21)13-10-16-8-11-17(23-2)12-9-16/h3-13,15,22H,14H2,1-2H3/b13-10+/t15-/m1/s1. The highest BCUT2D eigenvalue weighted by Crippen LogP contribution is 2.13. The smallest absolute Gasteiger partial charge is 0.270 e. The number of hydroxylamine groups is 2. The van der Waals surface area contributed by atoms with Gasteiger partial charge in [-0.05, 0) is 42.8 Å². The van der Waals surface area contributed by atoms with E-state index in [1.54, 1.807) is 32.2 Å². The third-order valence-corrected chi connectivity index (χ3v) is 3.30. The van der Waals surface area contributed by atoms with Gasteiger partial charge in [0.25, 0.3) is 5.91 Å². The molecule has 0 heterocycles. The van der Waals surface area contributed by atoms with Crippen LogP contribution < -0.4 is 9.47 Å². The quantitative estimate of drug-likeness (QED) is 0.481. The number of rotatable bonds is 7. The molecular weight excluding hydrogens is 306 g/mol. The van der Waals surface area contributed by atoms with Gasteiger partial charge in [0.2, 0.25) is 0 Å². The summed E-state index contributed by atoms with van der Waals surface area (Å²) in [4.78, 5) is 11.9. The third-order valence-electron chi connectivity index (χ3n) is 3.30. The van der Waals surface area contributed by atoms with E-state index in [9.17, 15) is 10.0 Å². The molecule has 24 heavy (non-hydrogen) atoms. The van der Waals surface area contributed by atoms with E-state index in [0.29, 0.717) is 10.8 Å². The second-order valence-corrected chi connectivity index (χ2v) is 5.27. The van der Waals surface area contributed by atoms with Crippen molar-refractivity contribution >= 4 is 12.0 Å². The van der Waals surface area contributed by atoms with Crippen molar-refractivity contribution in [3.63, 3.8) is 0 Å². The molecule has 5 heteroatoms. The minimum Gasteiger partial charge on any atom is -0.497 e. The molecular formula is C19H21NO4. The normalized spacial score (nSPS) is 12.0. The summed E-state index contributed by atoms with van der Waals surface area (Å²) in [7, 11) is 1.59. The van der Waals surface area contributed by atoms with E-state index in [-0.39, 0.29) is 12.6 Å². The predicted molar refractivity (Wildman–Crippen MR) is 92.1 cm³/mol. The molecule has 0 saturated heterocycles. The number of ether oxygens (including phenoxy) is 2. The zero-order chi connectivity index (χ0) is 17.4. The Hall–Kier alpha value is -2.79. The first-order valence-corrected chi connectivity index (χ1v) is 7.62. The van der Waals surface area contributed by atoms with Crippen molar-refractivity contribution in [3.8, 4) is 11.5 Å². The predicted octanol–water partition coefficient (Wildman–Crippen LogP) is 3.39. The van der Waals surface area contributed by atoms with Crippen molar-refractivity contribution in [2.75, 3.05) is 13.7 Å². The summed E-state index contributed by atoms with van der Waals surface area (Å²) in [6, 6.07) is 16.5. The van der Waals surface area contributed by atoms with Crippen LogP contribution in [0, 0.1) is 0 Å². The minimum atomic E-state index is -0.505. The lowest BCUT2D eigenvalue weighted by Crippen LogP contribution is -2.35. The molecule has 0 saturated carbocycles. The first-order chi connectivity index (χ1) is 11.6. The van der Waals surface area contributed by atoms with Gasteiger partial charge >= 0.3 is 0 Å². The zero-order valence-electron chi connectivity index (χ0n) is 13.8. The zero-order valence-corrected chi connectivity index (χ0v) is 13.8. The maximum atomic E-state index is 11.9. The molecule has 2 aromatic carbocycles. The van der Waals surface area contributed by atoms with Gasteiger partial charge in [0.05, 0.1) is 13.7 Å². The average molecular weight is 327 g/mol. The topological polar surface area (TPSA) is 59.0 Å². The molecule has 1 N–H and O–H groups in total. The number of para-hydroxylation sites is 1. The lowest BCUT2D eigenvalue weighted by Gasteiger charge is -2.19. The van der Waals surface area contributed by atoms with Crippen LogP contribution in [0.25, 0.3) is 6.08 Å². The first kappa shape index (κ1) is 17.6. The Morgan fingerprint density at radius 3 is 2.42 bits per heavy atom. The molecule has 0 bridgehead atoms. The number of benzene rings is 2. The SMILES string of the molecule is COc1ccc(/C=C/C(=O)N(O)C[C@@H](C)Oc2ccccc2)cc1. The van der Waals surface area contributed by atoms with Gasteiger partial charge < -0.3 is 9.47 Å². The van der Waals surface area contributed by atoms with Crippen LogP contribution in [0.1, 0.15) is 12.5 Å². The van der Waals surface area contributed by atoms with Gasteiger partial charge in [-0.25, -0.2) is 5.06 Å². The van der Waals surface area contributed by atoms with Crippen LogP contribution in [0.4, 0.5) is 0 Å². The second kappa shape index (κ2) is 8.74. The van der Waals surface area contributed by atoms with Crippen LogP contribution in [0.15, 0.2) is 60.7 Å². The van der Waals surface area contributed by atoms with Gasteiger partial charge in [0.15, 0.2) is 0 Å². The number of carbonyl (C=O) groups is 1. The van der Waals surface area contributed by atoms with Gasteiger partial charge in [-0.3, -0.25) is 10.0 Å². The molecule has 1 amide bonds. The monoisotopic (exact) mass is 327 g/mol. The van der Waals surface area contributed by atoms with E-state index < -0.39 is 5.91 Å². The van der Waals surface area contributed by atoms with Gasteiger partial charge in [-0.2, -0.15) is 0 Å². The fraction of sp³-hybridized carbons (Fsp3) is 0.211. The Kier molecular flexibility index (Phi) is 6.40. The average Bonchev–Trinajstić information content (AvgIpc) is 2.60. The van der Waals surface area contributed by atoms with Crippen molar-refractivity contribution < 1.29 is 19.5 Å². The van der Waals surface area contributed by atoms with Crippen molar-refractivity contribution in [1.29, 1.82) is 0 Å². The highest BCUT2D eigenvalue weighted by molar-refractivity contribution is 5.90. The summed E-state index contributed by atoms with van der Waals surface area (Å²) < 4.78 is 10.7. The van der Waals surface area contributed by atoms with E-state index in [1.165, 1.54) is 6.08 Å². The van der Waals surface area contributed by atoms with Gasteiger partial charge in [-0.15, -0.1) is 0 Å². The molecule has 0 spiro atoms. The molecule has 2 aromatic rings. The number of carbonyl (C=O) groups excluding carboxylic acids is 1. The lowest BCUT2D eigenvalue weighted by molar-refractivity contribution is -0.163. The first-order valence-electron chi connectivity index (χ1n) is 7.62. The molecule has 0 aliphatic rings. The Morgan fingerprint density at radius 1 is 1.12 bits per heavy atom. The maximum absolute atomic E-state index is 11.9. The van der Waals surface area contributed by atoms with E-state index >= 15 is 0 Å². The third kappa shape index (κ3) is 5.44. The fourth-order valence-electron chi connectivity index (χ4n) is 2.07. The van der Waals surface area contributed by atoms with Crippen LogP contribution in [0.5, 0.6) is 11.5 Å². The molecule has 0 aliphatic heterocycles. The number of nitrogens with zero attached hydrogens (tertiary/aromatic N) is 1. The van der Waals surface area contributed by atoms with Crippen LogP contribution in [0.2, 0.25) is 0 Å². The van der Waals surface area contributed by atoms with Crippen LogP contribution in [-0.4, -0.2) is 35.9 Å². The number of methoxy groups -OCH3 is 1. The Morgan fingerprint density at radius 2 is 1.79 bits per heavy atom. The molecule has 0 radical (unpaired) electrons. The number of hydrogen-bond donors (Lipinski definition) is 1. The number of hydrogen-bond acceptors (Lipinski definition) is 4. The molecule has 1 atom stereocenters. The molecule has 0 aromatic heterocycles. The van der Waals surface area contributed by atoms with Crippen molar-refractivity contribution in [1.82, 2.24) is 5.06 Å². The summed E-state index contributed by atoms with van der Waals surface area (Å²) in [5.74, 6) is 0.933. The summed E-state index contributed by atoms with van der Waals surface area (Å²) in [6.45, 7) is 1.86. The number of amides is 1. The van der Waals surface area contributed by atoms with Gasteiger partial charge in [0, 0.05) is 6.08 Å². The minimum absolute atomic E-state index is 0.0701. The molecule has 5 nitrogen and oxygen atoms in total. The summed E-state index contributed by atoms with van der Waals surface area (Å²) in [6.07, 6.45) is 2.61. The van der Waals surface area contributed by atoms with E-state index in [1.807, 2.05) is 42.5 Å². The molecule has 126 valence electrons. The largest absolute Gasteiger partial charge is 0.497 e. The molecule has 2 rings (SSSR count). The van der Waals surface area contributed by atoms with E-state index in [0.717, 1.165) is 11.3 Å². The van der Waals surface area contributed by atoms with Gasteiger partial charge in [-0.1, -0.05) is 30.3 Å². The Bertz CT molecular complexity index is 668. The highest BCUT2D eigenvalue weighted by atomic mass is 16.5. The summed E-state index contributed by atoms with van der Waals surface area (Å²) in [5, 5.41) is 10.5. The van der Waals surface area contributed by atoms with Crippen molar-refractivity contribution in [2.45, 2.75) is 13.0 Å². The maximum Gasteiger partial charge on any atom is 0.270 e. The Labute approximate surface area is 141 Å². The summed E-state index contributed by atoms with van der Waals surface area (Å²) in [5.41, 5.74) is 0.839. The van der Waals surface area contributed by atoms with E-state index in [4.69, 9.17) is 9.47 Å². The molecule has 0 aliphatic carbocycles. The van der Waals surface area contributed by atoms with Gasteiger partial charge in [0.1, 0.15) is 17.6 Å². The Balaban J connectivity index is 1.85. The fourth-order valence-corrected chi connectivity index (χ4v) is 2.07. The van der Waals surface area contributed by atoms with Crippen molar-refractivity contribution in [3.05, 3.63) is 66.2 Å². The van der Waals surface area contributed by atoms with Crippen molar-refractivity contribution in [2.24, 2.45) is 0 Å². The van der Waals surface area contributed by atoms with E-state index in [2.05, 4.69) is 0 Å². The lowest BCUT2D eigenvalue weighted by atomic mass is 10.2.